The molecule has 0 spiro atoms. The molecule has 0 saturated heterocycles. The maximum absolute atomic E-state index is 9.86. The molecular weight excluding hydrogens is 142 g/mol. The van der Waals surface area contributed by atoms with E-state index in [1.54, 1.807) is 0 Å². The van der Waals surface area contributed by atoms with Crippen LogP contribution in [-0.4, -0.2) is 16.6 Å². The van der Waals surface area contributed by atoms with Crippen LogP contribution in [0.4, 0.5) is 0 Å². The number of nitrogens with zero attached hydrogens (tertiary/aromatic N) is 1. The monoisotopic (exact) mass is 157 g/mol. The SMILES string of the molecule is CC1=NO[C@](O)(C(C)(C)C)C1. The predicted molar refractivity (Wildman–Crippen MR) is 43.2 cm³/mol. The number of aliphatic hydroxyl groups is 1. The van der Waals surface area contributed by atoms with E-state index < -0.39 is 5.79 Å². The van der Waals surface area contributed by atoms with Crippen LogP contribution in [0.2, 0.25) is 0 Å². The van der Waals surface area contributed by atoms with Crippen molar-refractivity contribution in [1.29, 1.82) is 0 Å². The first kappa shape index (κ1) is 8.53. The molecule has 1 aliphatic rings. The van der Waals surface area contributed by atoms with E-state index in [0.29, 0.717) is 6.42 Å². The Kier molecular flexibility index (Phi) is 1.71. The molecule has 1 heterocycles. The van der Waals surface area contributed by atoms with Crippen LogP contribution in [0.15, 0.2) is 5.16 Å². The van der Waals surface area contributed by atoms with Crippen LogP contribution in [0.25, 0.3) is 0 Å². The first-order valence-electron chi connectivity index (χ1n) is 3.79. The normalized spacial score (nSPS) is 31.5. The molecule has 0 aliphatic carbocycles. The molecule has 0 bridgehead atoms. The van der Waals surface area contributed by atoms with E-state index in [1.165, 1.54) is 0 Å². The summed E-state index contributed by atoms with van der Waals surface area (Å²) in [5.41, 5.74) is 0.566. The Morgan fingerprint density at radius 2 is 2.09 bits per heavy atom. The molecule has 0 unspecified atom stereocenters. The van der Waals surface area contributed by atoms with E-state index in [1.807, 2.05) is 27.7 Å². The van der Waals surface area contributed by atoms with Crippen molar-refractivity contribution in [1.82, 2.24) is 0 Å². The second-order valence-corrected chi connectivity index (χ2v) is 4.13. The maximum Gasteiger partial charge on any atom is 0.244 e. The van der Waals surface area contributed by atoms with Gasteiger partial charge in [-0.1, -0.05) is 25.9 Å². The molecule has 1 aliphatic heterocycles. The summed E-state index contributed by atoms with van der Waals surface area (Å²) in [6.45, 7) is 7.65. The van der Waals surface area contributed by atoms with Gasteiger partial charge in [0.2, 0.25) is 5.79 Å². The highest BCUT2D eigenvalue weighted by Gasteiger charge is 2.46. The third kappa shape index (κ3) is 1.38. The van der Waals surface area contributed by atoms with E-state index in [4.69, 9.17) is 4.84 Å². The second-order valence-electron chi connectivity index (χ2n) is 4.13. The second kappa shape index (κ2) is 2.21. The highest BCUT2D eigenvalue weighted by molar-refractivity contribution is 5.83. The van der Waals surface area contributed by atoms with Gasteiger partial charge in [0.1, 0.15) is 0 Å². The Hall–Kier alpha value is -0.570. The van der Waals surface area contributed by atoms with E-state index in [9.17, 15) is 5.11 Å². The van der Waals surface area contributed by atoms with Crippen molar-refractivity contribution < 1.29 is 9.94 Å². The molecule has 11 heavy (non-hydrogen) atoms. The third-order valence-electron chi connectivity index (χ3n) is 2.02. The molecule has 3 heteroatoms. The Labute approximate surface area is 67.0 Å². The molecule has 1 atom stereocenters. The molecule has 0 radical (unpaired) electrons. The molecule has 0 aromatic rings. The molecule has 0 fully saturated rings. The van der Waals surface area contributed by atoms with E-state index in [-0.39, 0.29) is 5.41 Å². The van der Waals surface area contributed by atoms with Gasteiger partial charge in [0.05, 0.1) is 12.1 Å². The lowest BCUT2D eigenvalue weighted by Crippen LogP contribution is -2.42. The van der Waals surface area contributed by atoms with Gasteiger partial charge in [-0.15, -0.1) is 0 Å². The molecule has 64 valence electrons. The Morgan fingerprint density at radius 1 is 1.55 bits per heavy atom. The van der Waals surface area contributed by atoms with E-state index in [0.717, 1.165) is 5.71 Å². The predicted octanol–water partition coefficient (Wildman–Crippen LogP) is 1.52. The first-order chi connectivity index (χ1) is 4.85. The first-order valence-corrected chi connectivity index (χ1v) is 3.79. The summed E-state index contributed by atoms with van der Waals surface area (Å²) in [6.07, 6.45) is 0.510. The highest BCUT2D eigenvalue weighted by atomic mass is 16.7. The standard InChI is InChI=1S/C8H15NO2/c1-6-5-8(10,11-9-6)7(2,3)4/h10H,5H2,1-4H3/t8-/m0/s1. The minimum Gasteiger partial charge on any atom is -0.360 e. The lowest BCUT2D eigenvalue weighted by molar-refractivity contribution is -0.244. The van der Waals surface area contributed by atoms with Gasteiger partial charge in [-0.2, -0.15) is 0 Å². The summed E-state index contributed by atoms with van der Waals surface area (Å²) in [4.78, 5) is 4.96. The fourth-order valence-electron chi connectivity index (χ4n) is 0.967. The molecule has 0 aromatic heterocycles. The Balaban J connectivity index is 2.74. The largest absolute Gasteiger partial charge is 0.360 e. The van der Waals surface area contributed by atoms with Gasteiger partial charge in [0.15, 0.2) is 0 Å². The smallest absolute Gasteiger partial charge is 0.244 e. The summed E-state index contributed by atoms with van der Waals surface area (Å²) in [5.74, 6) is -1.10. The summed E-state index contributed by atoms with van der Waals surface area (Å²) in [5, 5.41) is 13.6. The van der Waals surface area contributed by atoms with Gasteiger partial charge in [-0.05, 0) is 6.92 Å². The number of hydrogen-bond acceptors (Lipinski definition) is 3. The van der Waals surface area contributed by atoms with Crippen molar-refractivity contribution in [3.05, 3.63) is 0 Å². The van der Waals surface area contributed by atoms with Gasteiger partial charge in [0.25, 0.3) is 0 Å². The molecule has 1 rings (SSSR count). The highest BCUT2D eigenvalue weighted by Crippen LogP contribution is 2.37. The van der Waals surface area contributed by atoms with Crippen LogP contribution in [0, 0.1) is 5.41 Å². The average molecular weight is 157 g/mol. The Morgan fingerprint density at radius 3 is 2.27 bits per heavy atom. The van der Waals surface area contributed by atoms with Crippen LogP contribution >= 0.6 is 0 Å². The number of oxime groups is 1. The fourth-order valence-corrected chi connectivity index (χ4v) is 0.967. The minimum atomic E-state index is -1.10. The lowest BCUT2D eigenvalue weighted by Gasteiger charge is -2.33. The average Bonchev–Trinajstić information content (AvgIpc) is 2.10. The topological polar surface area (TPSA) is 41.8 Å². The van der Waals surface area contributed by atoms with Crippen molar-refractivity contribution in [2.45, 2.75) is 39.9 Å². The van der Waals surface area contributed by atoms with Gasteiger partial charge >= 0.3 is 0 Å². The molecule has 0 aromatic carbocycles. The summed E-state index contributed by atoms with van der Waals surface area (Å²) in [7, 11) is 0. The Bertz CT molecular complexity index is 193. The zero-order chi connectivity index (χ0) is 8.70. The summed E-state index contributed by atoms with van der Waals surface area (Å²) >= 11 is 0. The third-order valence-corrected chi connectivity index (χ3v) is 2.02. The molecule has 0 saturated carbocycles. The summed E-state index contributed by atoms with van der Waals surface area (Å²) in [6, 6.07) is 0. The quantitative estimate of drug-likeness (QED) is 0.579. The van der Waals surface area contributed by atoms with Crippen molar-refractivity contribution >= 4 is 5.71 Å². The van der Waals surface area contributed by atoms with Crippen LogP contribution in [0.5, 0.6) is 0 Å². The van der Waals surface area contributed by atoms with Gasteiger partial charge in [-0.3, -0.25) is 0 Å². The van der Waals surface area contributed by atoms with Crippen molar-refractivity contribution in [3.63, 3.8) is 0 Å². The molecular formula is C8H15NO2. The minimum absolute atomic E-state index is 0.283. The lowest BCUT2D eigenvalue weighted by atomic mass is 9.83. The molecule has 0 amide bonds. The summed E-state index contributed by atoms with van der Waals surface area (Å²) < 4.78 is 0. The number of hydrogen-bond donors (Lipinski definition) is 1. The van der Waals surface area contributed by atoms with E-state index >= 15 is 0 Å². The fraction of sp³-hybridized carbons (Fsp3) is 0.875. The van der Waals surface area contributed by atoms with E-state index in [2.05, 4.69) is 5.16 Å². The van der Waals surface area contributed by atoms with Crippen LogP contribution in [0.1, 0.15) is 34.1 Å². The van der Waals surface area contributed by atoms with Gasteiger partial charge in [0, 0.05) is 5.41 Å². The van der Waals surface area contributed by atoms with Crippen LogP contribution in [0.3, 0.4) is 0 Å². The van der Waals surface area contributed by atoms with Crippen molar-refractivity contribution in [2.75, 3.05) is 0 Å². The van der Waals surface area contributed by atoms with Gasteiger partial charge < -0.3 is 9.94 Å². The zero-order valence-electron chi connectivity index (χ0n) is 7.51. The molecule has 3 nitrogen and oxygen atoms in total. The molecule has 1 N–H and O–H groups in total. The van der Waals surface area contributed by atoms with Crippen LogP contribution in [-0.2, 0) is 4.84 Å². The van der Waals surface area contributed by atoms with Gasteiger partial charge in [-0.25, -0.2) is 0 Å². The maximum atomic E-state index is 9.86. The van der Waals surface area contributed by atoms with Crippen molar-refractivity contribution in [2.24, 2.45) is 10.6 Å². The van der Waals surface area contributed by atoms with Crippen molar-refractivity contribution in [3.8, 4) is 0 Å². The number of rotatable bonds is 0. The zero-order valence-corrected chi connectivity index (χ0v) is 7.51. The van der Waals surface area contributed by atoms with Crippen LogP contribution < -0.4 is 0 Å².